The van der Waals surface area contributed by atoms with Crippen LogP contribution in [0.3, 0.4) is 0 Å². The van der Waals surface area contributed by atoms with Crippen LogP contribution in [0.1, 0.15) is 20.7 Å². The van der Waals surface area contributed by atoms with Gasteiger partial charge < -0.3 is 4.74 Å². The molecule has 2 amide bonds. The van der Waals surface area contributed by atoms with Crippen molar-refractivity contribution in [1.29, 1.82) is 0 Å². The van der Waals surface area contributed by atoms with Crippen molar-refractivity contribution < 1.29 is 14.3 Å². The van der Waals surface area contributed by atoms with Gasteiger partial charge in [0.25, 0.3) is 11.8 Å². The van der Waals surface area contributed by atoms with E-state index in [0.717, 1.165) is 0 Å². The Labute approximate surface area is 149 Å². The molecule has 8 heteroatoms. The second kappa shape index (κ2) is 8.28. The molecule has 0 aromatic heterocycles. The minimum atomic E-state index is -0.436. The third kappa shape index (κ3) is 4.94. The van der Waals surface area contributed by atoms with Gasteiger partial charge in [-0.25, -0.2) is 0 Å². The molecule has 0 unspecified atom stereocenters. The molecule has 2 rings (SSSR count). The van der Waals surface area contributed by atoms with Gasteiger partial charge in [0.2, 0.25) is 0 Å². The number of methoxy groups -OCH3 is 1. The molecule has 0 bridgehead atoms. The van der Waals surface area contributed by atoms with E-state index in [4.69, 9.17) is 28.6 Å². The second-order valence-electron chi connectivity index (χ2n) is 4.60. The molecule has 0 radical (unpaired) electrons. The lowest BCUT2D eigenvalue weighted by molar-refractivity contribution is 0.0934. The van der Waals surface area contributed by atoms with E-state index < -0.39 is 11.8 Å². The standard InChI is InChI=1S/C16H14ClN3O3S/c1-23-13-7-5-10(6-8-13)15(22)19-20-16(24)18-14(21)11-3-2-4-12(17)9-11/h2-9H,1H3,(H,19,22)(H2,18,20,21,24). The number of hydrogen-bond donors (Lipinski definition) is 3. The fourth-order valence-corrected chi connectivity index (χ4v) is 2.10. The average molecular weight is 364 g/mol. The fraction of sp³-hybridized carbons (Fsp3) is 0.0625. The Morgan fingerprint density at radius 1 is 1.00 bits per heavy atom. The van der Waals surface area contributed by atoms with Gasteiger partial charge in [-0.1, -0.05) is 17.7 Å². The average Bonchev–Trinajstić information content (AvgIpc) is 2.59. The molecule has 0 saturated heterocycles. The molecule has 0 aliphatic carbocycles. The van der Waals surface area contributed by atoms with Crippen LogP contribution in [0.2, 0.25) is 5.02 Å². The van der Waals surface area contributed by atoms with Crippen LogP contribution in [-0.4, -0.2) is 24.0 Å². The van der Waals surface area contributed by atoms with Gasteiger partial charge in [-0.05, 0) is 54.7 Å². The maximum absolute atomic E-state index is 12.0. The van der Waals surface area contributed by atoms with Crippen LogP contribution in [-0.2, 0) is 0 Å². The molecule has 0 fully saturated rings. The Kier molecular flexibility index (Phi) is 6.11. The number of carbonyl (C=O) groups excluding carboxylic acids is 2. The Morgan fingerprint density at radius 2 is 1.71 bits per heavy atom. The summed E-state index contributed by atoms with van der Waals surface area (Å²) < 4.78 is 5.02. The van der Waals surface area contributed by atoms with Crippen LogP contribution in [0, 0.1) is 0 Å². The summed E-state index contributed by atoms with van der Waals surface area (Å²) in [7, 11) is 1.54. The third-order valence-corrected chi connectivity index (χ3v) is 3.39. The number of rotatable bonds is 3. The SMILES string of the molecule is COc1ccc(C(=O)NNC(=S)NC(=O)c2cccc(Cl)c2)cc1. The molecule has 0 aliphatic rings. The number of nitrogens with one attached hydrogen (secondary N) is 3. The zero-order valence-electron chi connectivity index (χ0n) is 12.6. The van der Waals surface area contributed by atoms with Gasteiger partial charge in [0, 0.05) is 16.1 Å². The van der Waals surface area contributed by atoms with Gasteiger partial charge in [0.05, 0.1) is 7.11 Å². The minimum Gasteiger partial charge on any atom is -0.497 e. The number of halogens is 1. The molecule has 0 saturated carbocycles. The molecule has 0 spiro atoms. The largest absolute Gasteiger partial charge is 0.497 e. The molecular formula is C16H14ClN3O3S. The summed E-state index contributed by atoms with van der Waals surface area (Å²) in [5, 5.41) is 2.84. The predicted octanol–water partition coefficient (Wildman–Crippen LogP) is 2.30. The molecule has 124 valence electrons. The molecule has 6 nitrogen and oxygen atoms in total. The summed E-state index contributed by atoms with van der Waals surface area (Å²) in [4.78, 5) is 23.9. The lowest BCUT2D eigenvalue weighted by Gasteiger charge is -2.11. The van der Waals surface area contributed by atoms with Crippen LogP contribution in [0.25, 0.3) is 0 Å². The zero-order valence-corrected chi connectivity index (χ0v) is 14.2. The second-order valence-corrected chi connectivity index (χ2v) is 5.45. The fourth-order valence-electron chi connectivity index (χ4n) is 1.76. The quantitative estimate of drug-likeness (QED) is 0.576. The predicted molar refractivity (Wildman–Crippen MR) is 95.1 cm³/mol. The maximum Gasteiger partial charge on any atom is 0.269 e. The van der Waals surface area contributed by atoms with Gasteiger partial charge in [0.15, 0.2) is 5.11 Å². The summed E-state index contributed by atoms with van der Waals surface area (Å²) in [5.74, 6) is -0.200. The van der Waals surface area contributed by atoms with Crippen molar-refractivity contribution in [3.05, 3.63) is 64.7 Å². The van der Waals surface area contributed by atoms with E-state index in [-0.39, 0.29) is 5.11 Å². The van der Waals surface area contributed by atoms with Crippen LogP contribution in [0.5, 0.6) is 5.75 Å². The number of amides is 2. The van der Waals surface area contributed by atoms with Gasteiger partial charge in [-0.15, -0.1) is 0 Å². The third-order valence-electron chi connectivity index (χ3n) is 2.96. The lowest BCUT2D eigenvalue weighted by Crippen LogP contribution is -2.48. The smallest absolute Gasteiger partial charge is 0.269 e. The summed E-state index contributed by atoms with van der Waals surface area (Å²) in [6, 6.07) is 12.9. The maximum atomic E-state index is 12.0. The molecule has 0 atom stereocenters. The Bertz CT molecular complexity index is 765. The Balaban J connectivity index is 1.86. The zero-order chi connectivity index (χ0) is 17.5. The van der Waals surface area contributed by atoms with Crippen molar-refractivity contribution in [2.45, 2.75) is 0 Å². The molecule has 0 heterocycles. The van der Waals surface area contributed by atoms with Crippen LogP contribution in [0.4, 0.5) is 0 Å². The highest BCUT2D eigenvalue weighted by atomic mass is 35.5. The summed E-state index contributed by atoms with van der Waals surface area (Å²) >= 11 is 10.8. The van der Waals surface area contributed by atoms with Gasteiger partial charge in [-0.2, -0.15) is 0 Å². The summed E-state index contributed by atoms with van der Waals surface area (Å²) in [5.41, 5.74) is 5.62. The highest BCUT2D eigenvalue weighted by Gasteiger charge is 2.10. The van der Waals surface area contributed by atoms with Gasteiger partial charge in [-0.3, -0.25) is 25.8 Å². The van der Waals surface area contributed by atoms with Crippen molar-refractivity contribution >= 4 is 40.7 Å². The number of hydrogen-bond acceptors (Lipinski definition) is 4. The van der Waals surface area contributed by atoms with Gasteiger partial charge in [0.1, 0.15) is 5.75 Å². The summed E-state index contributed by atoms with van der Waals surface area (Å²) in [6.07, 6.45) is 0. The van der Waals surface area contributed by atoms with Gasteiger partial charge >= 0.3 is 0 Å². The highest BCUT2D eigenvalue weighted by Crippen LogP contribution is 2.11. The van der Waals surface area contributed by atoms with Crippen molar-refractivity contribution in [2.75, 3.05) is 7.11 Å². The van der Waals surface area contributed by atoms with Crippen LogP contribution < -0.4 is 20.9 Å². The van der Waals surface area contributed by atoms with Crippen molar-refractivity contribution in [1.82, 2.24) is 16.2 Å². The molecule has 3 N–H and O–H groups in total. The Hall–Kier alpha value is -2.64. The van der Waals surface area contributed by atoms with Crippen LogP contribution >= 0.6 is 23.8 Å². The number of ether oxygens (including phenoxy) is 1. The Morgan fingerprint density at radius 3 is 2.33 bits per heavy atom. The molecule has 0 aliphatic heterocycles. The normalized spacial score (nSPS) is 9.75. The van der Waals surface area contributed by atoms with E-state index in [1.54, 1.807) is 42.5 Å². The van der Waals surface area contributed by atoms with Crippen LogP contribution in [0.15, 0.2) is 48.5 Å². The molecule has 24 heavy (non-hydrogen) atoms. The van der Waals surface area contributed by atoms with E-state index in [2.05, 4.69) is 16.2 Å². The van der Waals surface area contributed by atoms with Crippen molar-refractivity contribution in [3.8, 4) is 5.75 Å². The monoisotopic (exact) mass is 363 g/mol. The van der Waals surface area contributed by atoms with E-state index in [1.807, 2.05) is 0 Å². The first-order valence-corrected chi connectivity index (χ1v) is 7.59. The number of carbonyl (C=O) groups is 2. The van der Waals surface area contributed by atoms with E-state index in [9.17, 15) is 9.59 Å². The first kappa shape index (κ1) is 17.7. The number of hydrazine groups is 1. The minimum absolute atomic E-state index is 0.0400. The summed E-state index contributed by atoms with van der Waals surface area (Å²) in [6.45, 7) is 0. The number of thiocarbonyl (C=S) groups is 1. The lowest BCUT2D eigenvalue weighted by atomic mass is 10.2. The van der Waals surface area contributed by atoms with E-state index in [0.29, 0.717) is 21.9 Å². The van der Waals surface area contributed by atoms with E-state index in [1.165, 1.54) is 13.2 Å². The molecular weight excluding hydrogens is 350 g/mol. The molecule has 2 aromatic rings. The molecule has 2 aromatic carbocycles. The topological polar surface area (TPSA) is 79.5 Å². The van der Waals surface area contributed by atoms with Crippen molar-refractivity contribution in [3.63, 3.8) is 0 Å². The first-order chi connectivity index (χ1) is 11.5. The van der Waals surface area contributed by atoms with Crippen molar-refractivity contribution in [2.24, 2.45) is 0 Å². The number of benzene rings is 2. The van der Waals surface area contributed by atoms with E-state index >= 15 is 0 Å². The highest BCUT2D eigenvalue weighted by molar-refractivity contribution is 7.80. The first-order valence-electron chi connectivity index (χ1n) is 6.81.